The standard InChI is InChI=1S/C15H12O3/c16-14-11-7-3-1-5-9(11)13(15(17)18)10-6-2-4-8-12(10)14/h1-9,11,13H,(H,17,18). The van der Waals surface area contributed by atoms with Crippen molar-refractivity contribution in [3.8, 4) is 0 Å². The number of benzene rings is 1. The van der Waals surface area contributed by atoms with Crippen LogP contribution in [0, 0.1) is 11.8 Å². The molecule has 1 aromatic carbocycles. The number of carbonyl (C=O) groups excluding carboxylic acids is 1. The Bertz CT molecular complexity index is 583. The smallest absolute Gasteiger partial charge is 0.311 e. The topological polar surface area (TPSA) is 54.4 Å². The summed E-state index contributed by atoms with van der Waals surface area (Å²) in [6, 6.07) is 7.02. The third kappa shape index (κ3) is 1.44. The van der Waals surface area contributed by atoms with E-state index in [1.54, 1.807) is 30.3 Å². The first-order chi connectivity index (χ1) is 8.70. The predicted molar refractivity (Wildman–Crippen MR) is 66.4 cm³/mol. The lowest BCUT2D eigenvalue weighted by Crippen LogP contribution is -2.37. The van der Waals surface area contributed by atoms with E-state index >= 15 is 0 Å². The van der Waals surface area contributed by atoms with E-state index in [-0.39, 0.29) is 17.6 Å². The van der Waals surface area contributed by atoms with E-state index < -0.39 is 11.9 Å². The average Bonchev–Trinajstić information content (AvgIpc) is 2.39. The number of carboxylic acid groups (broad SMARTS) is 1. The highest BCUT2D eigenvalue weighted by Crippen LogP contribution is 2.42. The fourth-order valence-corrected chi connectivity index (χ4v) is 2.88. The van der Waals surface area contributed by atoms with Gasteiger partial charge in [-0.2, -0.15) is 0 Å². The summed E-state index contributed by atoms with van der Waals surface area (Å²) in [5.74, 6) is -2.09. The molecular formula is C15H12O3. The SMILES string of the molecule is O=C1c2ccccc2C(C(=O)O)C2C=CC=CC12. The highest BCUT2D eigenvalue weighted by molar-refractivity contribution is 6.04. The van der Waals surface area contributed by atoms with Crippen LogP contribution in [0.1, 0.15) is 21.8 Å². The van der Waals surface area contributed by atoms with Crippen LogP contribution in [0.25, 0.3) is 0 Å². The molecule has 3 nitrogen and oxygen atoms in total. The Labute approximate surface area is 104 Å². The Morgan fingerprint density at radius 3 is 2.61 bits per heavy atom. The Hall–Kier alpha value is -2.16. The van der Waals surface area contributed by atoms with Crippen LogP contribution >= 0.6 is 0 Å². The van der Waals surface area contributed by atoms with E-state index in [1.807, 2.05) is 18.2 Å². The molecule has 90 valence electrons. The third-order valence-corrected chi connectivity index (χ3v) is 3.69. The van der Waals surface area contributed by atoms with Crippen molar-refractivity contribution < 1.29 is 14.7 Å². The van der Waals surface area contributed by atoms with Gasteiger partial charge in [-0.05, 0) is 5.56 Å². The first kappa shape index (κ1) is 11.0. The molecule has 0 aliphatic heterocycles. The Balaban J connectivity index is 2.21. The summed E-state index contributed by atoms with van der Waals surface area (Å²) in [6.45, 7) is 0. The number of ketones is 1. The molecule has 0 aromatic heterocycles. The summed E-state index contributed by atoms with van der Waals surface area (Å²) >= 11 is 0. The van der Waals surface area contributed by atoms with Crippen molar-refractivity contribution in [3.63, 3.8) is 0 Å². The maximum Gasteiger partial charge on any atom is 0.311 e. The molecule has 3 atom stereocenters. The van der Waals surface area contributed by atoms with Crippen molar-refractivity contribution in [3.05, 3.63) is 59.7 Å². The maximum atomic E-state index is 12.3. The van der Waals surface area contributed by atoms with E-state index in [1.165, 1.54) is 0 Å². The van der Waals surface area contributed by atoms with Gasteiger partial charge in [0, 0.05) is 17.4 Å². The van der Waals surface area contributed by atoms with Crippen molar-refractivity contribution in [1.82, 2.24) is 0 Å². The number of Topliss-reactive ketones (excluding diaryl/α,β-unsaturated/α-hetero) is 1. The van der Waals surface area contributed by atoms with Gasteiger partial charge in [-0.1, -0.05) is 48.6 Å². The first-order valence-corrected chi connectivity index (χ1v) is 5.91. The summed E-state index contributed by atoms with van der Waals surface area (Å²) in [6.07, 6.45) is 7.26. The van der Waals surface area contributed by atoms with Crippen LogP contribution in [0.15, 0.2) is 48.6 Å². The van der Waals surface area contributed by atoms with Gasteiger partial charge in [0.05, 0.1) is 5.92 Å². The fraction of sp³-hybridized carbons (Fsp3) is 0.200. The molecule has 1 aromatic rings. The van der Waals surface area contributed by atoms with Gasteiger partial charge in [-0.15, -0.1) is 0 Å². The van der Waals surface area contributed by atoms with Gasteiger partial charge < -0.3 is 5.11 Å². The van der Waals surface area contributed by atoms with Crippen LogP contribution in [0.3, 0.4) is 0 Å². The molecule has 3 rings (SSSR count). The maximum absolute atomic E-state index is 12.3. The molecule has 0 bridgehead atoms. The monoisotopic (exact) mass is 240 g/mol. The van der Waals surface area contributed by atoms with Crippen LogP contribution in [0.5, 0.6) is 0 Å². The highest BCUT2D eigenvalue weighted by atomic mass is 16.4. The number of aliphatic carboxylic acids is 1. The lowest BCUT2D eigenvalue weighted by atomic mass is 9.67. The Kier molecular flexibility index (Phi) is 2.40. The molecular weight excluding hydrogens is 228 g/mol. The minimum absolute atomic E-state index is 0.0219. The molecule has 2 aliphatic rings. The van der Waals surface area contributed by atoms with E-state index in [0.29, 0.717) is 11.1 Å². The number of hydrogen-bond acceptors (Lipinski definition) is 2. The Morgan fingerprint density at radius 2 is 1.83 bits per heavy atom. The summed E-state index contributed by atoms with van der Waals surface area (Å²) < 4.78 is 0. The van der Waals surface area contributed by atoms with Gasteiger partial charge in [-0.3, -0.25) is 9.59 Å². The molecule has 3 unspecified atom stereocenters. The zero-order valence-corrected chi connectivity index (χ0v) is 9.61. The second kappa shape index (κ2) is 3.95. The summed E-state index contributed by atoms with van der Waals surface area (Å²) in [7, 11) is 0. The zero-order valence-electron chi connectivity index (χ0n) is 9.61. The number of allylic oxidation sites excluding steroid dienone is 4. The molecule has 2 aliphatic carbocycles. The average molecular weight is 240 g/mol. The van der Waals surface area contributed by atoms with Crippen molar-refractivity contribution in [2.75, 3.05) is 0 Å². The van der Waals surface area contributed by atoms with Gasteiger partial charge in [0.1, 0.15) is 0 Å². The third-order valence-electron chi connectivity index (χ3n) is 3.69. The van der Waals surface area contributed by atoms with Gasteiger partial charge in [-0.25, -0.2) is 0 Å². The number of carbonyl (C=O) groups is 2. The summed E-state index contributed by atoms with van der Waals surface area (Å²) in [5.41, 5.74) is 1.18. The molecule has 0 fully saturated rings. The van der Waals surface area contributed by atoms with Crippen molar-refractivity contribution in [1.29, 1.82) is 0 Å². The number of fused-ring (bicyclic) bond motifs is 2. The molecule has 0 saturated heterocycles. The number of rotatable bonds is 1. The predicted octanol–water partition coefficient (Wildman–Crippen LogP) is 2.41. The highest BCUT2D eigenvalue weighted by Gasteiger charge is 2.43. The number of carboxylic acids is 1. The van der Waals surface area contributed by atoms with Crippen molar-refractivity contribution in [2.24, 2.45) is 11.8 Å². The van der Waals surface area contributed by atoms with Gasteiger partial charge in [0.2, 0.25) is 0 Å². The molecule has 1 N–H and O–H groups in total. The van der Waals surface area contributed by atoms with E-state index in [4.69, 9.17) is 0 Å². The minimum Gasteiger partial charge on any atom is -0.481 e. The second-order valence-corrected chi connectivity index (χ2v) is 4.64. The van der Waals surface area contributed by atoms with Gasteiger partial charge >= 0.3 is 5.97 Å². The van der Waals surface area contributed by atoms with E-state index in [2.05, 4.69) is 0 Å². The van der Waals surface area contributed by atoms with Crippen molar-refractivity contribution >= 4 is 11.8 Å². The van der Waals surface area contributed by atoms with Crippen LogP contribution in [-0.4, -0.2) is 16.9 Å². The van der Waals surface area contributed by atoms with Crippen LogP contribution in [0.2, 0.25) is 0 Å². The molecule has 0 amide bonds. The summed E-state index contributed by atoms with van der Waals surface area (Å²) in [4.78, 5) is 23.9. The summed E-state index contributed by atoms with van der Waals surface area (Å²) in [5, 5.41) is 9.44. The largest absolute Gasteiger partial charge is 0.481 e. The normalized spacial score (nSPS) is 28.7. The number of hydrogen-bond donors (Lipinski definition) is 1. The first-order valence-electron chi connectivity index (χ1n) is 5.91. The van der Waals surface area contributed by atoms with E-state index in [9.17, 15) is 14.7 Å². The Morgan fingerprint density at radius 1 is 1.11 bits per heavy atom. The molecule has 0 heterocycles. The van der Waals surface area contributed by atoms with Crippen LogP contribution < -0.4 is 0 Å². The van der Waals surface area contributed by atoms with Crippen LogP contribution in [0.4, 0.5) is 0 Å². The van der Waals surface area contributed by atoms with E-state index in [0.717, 1.165) is 0 Å². The fourth-order valence-electron chi connectivity index (χ4n) is 2.88. The zero-order chi connectivity index (χ0) is 12.7. The molecule has 0 radical (unpaired) electrons. The molecule has 0 saturated carbocycles. The van der Waals surface area contributed by atoms with Gasteiger partial charge in [0.25, 0.3) is 0 Å². The second-order valence-electron chi connectivity index (χ2n) is 4.64. The quantitative estimate of drug-likeness (QED) is 0.820. The lowest BCUT2D eigenvalue weighted by molar-refractivity contribution is -0.140. The molecule has 0 spiro atoms. The van der Waals surface area contributed by atoms with Crippen molar-refractivity contribution in [2.45, 2.75) is 5.92 Å². The van der Waals surface area contributed by atoms with Gasteiger partial charge in [0.15, 0.2) is 5.78 Å². The molecule has 18 heavy (non-hydrogen) atoms. The minimum atomic E-state index is -0.870. The van der Waals surface area contributed by atoms with Crippen LogP contribution in [-0.2, 0) is 4.79 Å². The lowest BCUT2D eigenvalue weighted by Gasteiger charge is -2.34. The molecule has 3 heteroatoms.